The molecule has 0 radical (unpaired) electrons. The summed E-state index contributed by atoms with van der Waals surface area (Å²) in [7, 11) is 1.55. The largest absolute Gasteiger partial charge is 0.507 e. The summed E-state index contributed by atoms with van der Waals surface area (Å²) in [4.78, 5) is 25.1. The maximum Gasteiger partial charge on any atom is 0.270 e. The van der Waals surface area contributed by atoms with Crippen LogP contribution in [0.3, 0.4) is 0 Å². The van der Waals surface area contributed by atoms with E-state index in [-0.39, 0.29) is 45.4 Å². The molecular weight excluding hydrogens is 646 g/mol. The Kier molecular flexibility index (Phi) is 11.5. The molecule has 10 heteroatoms. The molecule has 5 rings (SSSR count). The molecule has 0 aliphatic heterocycles. The SMILES string of the molecule is CCNCc1cc([N+](=O)[O-])ccc1Oc1c(OC)c2c(c(O)c1C(=O)NCCCOc1ccc(C(C)(C)CC)cc1C(C)(C)CC)C1CCC2C1. The van der Waals surface area contributed by atoms with Gasteiger partial charge >= 0.3 is 0 Å². The van der Waals surface area contributed by atoms with E-state index in [0.717, 1.165) is 49.0 Å². The number of carbonyl (C=O) groups excluding carboxylic acids is 1. The van der Waals surface area contributed by atoms with Crippen LogP contribution in [0.1, 0.15) is 137 Å². The molecule has 2 bridgehead atoms. The van der Waals surface area contributed by atoms with Gasteiger partial charge in [0.15, 0.2) is 11.5 Å². The van der Waals surface area contributed by atoms with Crippen molar-refractivity contribution in [1.82, 2.24) is 10.6 Å². The van der Waals surface area contributed by atoms with Crippen LogP contribution in [0.4, 0.5) is 5.69 Å². The van der Waals surface area contributed by atoms with E-state index >= 15 is 0 Å². The first-order valence-electron chi connectivity index (χ1n) is 18.5. The number of benzene rings is 3. The highest BCUT2D eigenvalue weighted by Crippen LogP contribution is 2.62. The van der Waals surface area contributed by atoms with Crippen molar-refractivity contribution in [2.45, 2.75) is 116 Å². The third-order valence-corrected chi connectivity index (χ3v) is 11.3. The fraction of sp³-hybridized carbons (Fsp3) is 0.537. The second-order valence-corrected chi connectivity index (χ2v) is 15.2. The van der Waals surface area contributed by atoms with Gasteiger partial charge in [0.2, 0.25) is 0 Å². The number of phenols is 1. The Hall–Kier alpha value is -4.31. The number of ether oxygens (including phenoxy) is 3. The average Bonchev–Trinajstić information content (AvgIpc) is 3.74. The number of methoxy groups -OCH3 is 1. The van der Waals surface area contributed by atoms with Crippen LogP contribution in [0.5, 0.6) is 28.7 Å². The summed E-state index contributed by atoms with van der Waals surface area (Å²) in [6.45, 7) is 17.0. The Morgan fingerprint density at radius 3 is 2.29 bits per heavy atom. The van der Waals surface area contributed by atoms with Crippen LogP contribution in [0.2, 0.25) is 0 Å². The lowest BCUT2D eigenvalue weighted by Gasteiger charge is -2.30. The van der Waals surface area contributed by atoms with Crippen LogP contribution in [-0.4, -0.2) is 42.7 Å². The second kappa shape index (κ2) is 15.5. The predicted molar refractivity (Wildman–Crippen MR) is 200 cm³/mol. The third kappa shape index (κ3) is 7.66. The molecule has 1 saturated carbocycles. The van der Waals surface area contributed by atoms with E-state index < -0.39 is 10.8 Å². The maximum absolute atomic E-state index is 14.0. The molecule has 3 aromatic carbocycles. The summed E-state index contributed by atoms with van der Waals surface area (Å²) >= 11 is 0. The molecule has 51 heavy (non-hydrogen) atoms. The summed E-state index contributed by atoms with van der Waals surface area (Å²) in [5, 5.41) is 29.5. The quantitative estimate of drug-likeness (QED) is 0.0721. The Bertz CT molecular complexity index is 1770. The van der Waals surface area contributed by atoms with Gasteiger partial charge in [0.1, 0.15) is 22.8 Å². The molecule has 0 saturated heterocycles. The van der Waals surface area contributed by atoms with Gasteiger partial charge in [-0.25, -0.2) is 0 Å². The number of aromatic hydroxyl groups is 1. The van der Waals surface area contributed by atoms with Crippen molar-refractivity contribution in [1.29, 1.82) is 0 Å². The summed E-state index contributed by atoms with van der Waals surface area (Å²) < 4.78 is 18.8. The molecule has 2 aliphatic rings. The fourth-order valence-electron chi connectivity index (χ4n) is 7.39. The van der Waals surface area contributed by atoms with Gasteiger partial charge in [0.25, 0.3) is 11.6 Å². The van der Waals surface area contributed by atoms with Gasteiger partial charge in [-0.2, -0.15) is 0 Å². The molecule has 10 nitrogen and oxygen atoms in total. The molecule has 276 valence electrons. The first-order chi connectivity index (χ1) is 24.3. The van der Waals surface area contributed by atoms with Crippen LogP contribution < -0.4 is 24.8 Å². The van der Waals surface area contributed by atoms with Gasteiger partial charge in [-0.15, -0.1) is 0 Å². The van der Waals surface area contributed by atoms with Crippen molar-refractivity contribution in [2.75, 3.05) is 26.8 Å². The molecule has 0 spiro atoms. The van der Waals surface area contributed by atoms with Crippen molar-refractivity contribution in [3.8, 4) is 28.7 Å². The van der Waals surface area contributed by atoms with Crippen LogP contribution >= 0.6 is 0 Å². The van der Waals surface area contributed by atoms with E-state index in [2.05, 4.69) is 70.4 Å². The smallest absolute Gasteiger partial charge is 0.270 e. The van der Waals surface area contributed by atoms with Gasteiger partial charge in [0.05, 0.1) is 18.6 Å². The molecule has 3 aromatic rings. The molecule has 3 N–H and O–H groups in total. The number of phenolic OH excluding ortho intramolecular Hbond substituents is 1. The normalized spacial score (nSPS) is 16.5. The predicted octanol–water partition coefficient (Wildman–Crippen LogP) is 9.15. The fourth-order valence-corrected chi connectivity index (χ4v) is 7.39. The van der Waals surface area contributed by atoms with Crippen LogP contribution in [-0.2, 0) is 17.4 Å². The lowest BCUT2D eigenvalue weighted by molar-refractivity contribution is -0.384. The molecule has 2 atom stereocenters. The highest BCUT2D eigenvalue weighted by atomic mass is 16.6. The standard InChI is InChI=1S/C41H55N3O7/c1-9-40(4,5)28-15-17-32(30(23-28)41(6,7)10-2)50-20-12-19-43-39(46)35-36(45)33-25-13-14-26(21-25)34(33)37(49-8)38(35)51-31-18-16-29(44(47)48)22-27(31)24-42-11-3/h15-18,22-23,25-26,42,45H,9-14,19-21,24H2,1-8H3,(H,43,46). The number of nitro benzene ring substituents is 1. The lowest BCUT2D eigenvalue weighted by Crippen LogP contribution is -2.27. The number of hydrogen-bond donors (Lipinski definition) is 3. The number of non-ortho nitro benzene ring substituents is 1. The Labute approximate surface area is 302 Å². The molecule has 1 amide bonds. The minimum Gasteiger partial charge on any atom is -0.507 e. The summed E-state index contributed by atoms with van der Waals surface area (Å²) in [5.74, 6) is 1.51. The molecule has 1 fully saturated rings. The van der Waals surface area contributed by atoms with E-state index in [1.54, 1.807) is 7.11 Å². The minimum absolute atomic E-state index is 0.00734. The zero-order valence-electron chi connectivity index (χ0n) is 31.5. The summed E-state index contributed by atoms with van der Waals surface area (Å²) in [6, 6.07) is 10.9. The van der Waals surface area contributed by atoms with Gasteiger partial charge in [-0.3, -0.25) is 14.9 Å². The Balaban J connectivity index is 1.40. The number of rotatable bonds is 17. The number of amides is 1. The molecule has 2 unspecified atom stereocenters. The number of nitro groups is 1. The zero-order chi connectivity index (χ0) is 37.1. The van der Waals surface area contributed by atoms with Gasteiger partial charge < -0.3 is 30.0 Å². The van der Waals surface area contributed by atoms with Crippen molar-refractivity contribution >= 4 is 11.6 Å². The summed E-state index contributed by atoms with van der Waals surface area (Å²) in [6.07, 6.45) is 5.33. The number of carbonyl (C=O) groups is 1. The van der Waals surface area contributed by atoms with Crippen LogP contribution in [0, 0.1) is 10.1 Å². The number of hydrogen-bond acceptors (Lipinski definition) is 8. The molecular formula is C41H55N3O7. The average molecular weight is 702 g/mol. The minimum atomic E-state index is -0.486. The van der Waals surface area contributed by atoms with Gasteiger partial charge in [0, 0.05) is 47.5 Å². The molecule has 0 aromatic heterocycles. The Morgan fingerprint density at radius 2 is 1.65 bits per heavy atom. The van der Waals surface area contributed by atoms with Crippen molar-refractivity contribution in [3.63, 3.8) is 0 Å². The van der Waals surface area contributed by atoms with Crippen molar-refractivity contribution in [2.24, 2.45) is 0 Å². The monoisotopic (exact) mass is 701 g/mol. The van der Waals surface area contributed by atoms with E-state index in [1.165, 1.54) is 29.3 Å². The maximum atomic E-state index is 14.0. The van der Waals surface area contributed by atoms with Crippen LogP contribution in [0.15, 0.2) is 36.4 Å². The summed E-state index contributed by atoms with van der Waals surface area (Å²) in [5.41, 5.74) is 4.60. The zero-order valence-corrected chi connectivity index (χ0v) is 31.5. The first kappa shape index (κ1) is 37.9. The van der Waals surface area contributed by atoms with E-state index in [4.69, 9.17) is 14.2 Å². The number of nitrogens with one attached hydrogen (secondary N) is 2. The molecule has 0 heterocycles. The van der Waals surface area contributed by atoms with E-state index in [9.17, 15) is 20.0 Å². The molecule has 2 aliphatic carbocycles. The highest BCUT2D eigenvalue weighted by molar-refractivity contribution is 6.02. The van der Waals surface area contributed by atoms with Gasteiger partial charge in [-0.05, 0) is 85.4 Å². The Morgan fingerprint density at radius 1 is 0.961 bits per heavy atom. The lowest BCUT2D eigenvalue weighted by atomic mass is 9.76. The van der Waals surface area contributed by atoms with E-state index in [1.807, 2.05) is 6.92 Å². The van der Waals surface area contributed by atoms with Crippen molar-refractivity contribution < 1.29 is 29.0 Å². The number of nitrogens with zero attached hydrogens (tertiary/aromatic N) is 1. The van der Waals surface area contributed by atoms with E-state index in [0.29, 0.717) is 49.7 Å². The first-order valence-corrected chi connectivity index (χ1v) is 18.5. The second-order valence-electron chi connectivity index (χ2n) is 15.2. The topological polar surface area (TPSA) is 132 Å². The highest BCUT2D eigenvalue weighted by Gasteiger charge is 2.45. The third-order valence-electron chi connectivity index (χ3n) is 11.3. The van der Waals surface area contributed by atoms with Crippen molar-refractivity contribution in [3.05, 3.63) is 79.9 Å². The number of fused-ring (bicyclic) bond motifs is 5. The van der Waals surface area contributed by atoms with Gasteiger partial charge in [-0.1, -0.05) is 60.6 Å². The van der Waals surface area contributed by atoms with Crippen LogP contribution in [0.25, 0.3) is 0 Å².